The molecule has 1 fully saturated rings. The van der Waals surface area contributed by atoms with Gasteiger partial charge >= 0.3 is 0 Å². The Morgan fingerprint density at radius 1 is 1.27 bits per heavy atom. The van der Waals surface area contributed by atoms with E-state index in [2.05, 4.69) is 27.2 Å². The molecule has 0 bridgehead atoms. The lowest BCUT2D eigenvalue weighted by Crippen LogP contribution is -2.35. The van der Waals surface area contributed by atoms with Gasteiger partial charge in [0.2, 0.25) is 5.91 Å². The van der Waals surface area contributed by atoms with E-state index in [-0.39, 0.29) is 23.7 Å². The molecular formula is C22H28N6O2. The van der Waals surface area contributed by atoms with E-state index in [1.165, 1.54) is 11.6 Å². The maximum absolute atomic E-state index is 11.9. The van der Waals surface area contributed by atoms with Crippen LogP contribution in [0, 0.1) is 13.8 Å². The summed E-state index contributed by atoms with van der Waals surface area (Å²) in [5.74, 6) is 0.154. The molecule has 2 amide bonds. The normalized spacial score (nSPS) is 18.0. The second kappa shape index (κ2) is 8.94. The fourth-order valence-corrected chi connectivity index (χ4v) is 3.66. The zero-order valence-electron chi connectivity index (χ0n) is 17.6. The van der Waals surface area contributed by atoms with Crippen molar-refractivity contribution < 1.29 is 9.59 Å². The van der Waals surface area contributed by atoms with Gasteiger partial charge < -0.3 is 21.3 Å². The largest absolute Gasteiger partial charge is 0.364 e. The Morgan fingerprint density at radius 3 is 2.70 bits per heavy atom. The standard InChI is InChI=1S/C22H28N6O2/c1-5-19(29)25-16-8-9-17(11-16)28(4)18-12-24-20(21(23)30)22(27-18)26-15-7-6-13(2)14(3)10-15/h5-7,10,12,16-17H,1,8-9,11H2,2-4H3,(H2,23,30)(H,25,29)(H,26,27)/t16?,17-/m1/s1. The number of hydrogen-bond acceptors (Lipinski definition) is 6. The number of aromatic nitrogens is 2. The van der Waals surface area contributed by atoms with E-state index in [4.69, 9.17) is 5.73 Å². The molecule has 1 aromatic heterocycles. The summed E-state index contributed by atoms with van der Waals surface area (Å²) >= 11 is 0. The van der Waals surface area contributed by atoms with Crippen LogP contribution in [0.3, 0.4) is 0 Å². The molecule has 1 aromatic carbocycles. The molecule has 0 saturated heterocycles. The van der Waals surface area contributed by atoms with Gasteiger partial charge in [-0.2, -0.15) is 0 Å². The summed E-state index contributed by atoms with van der Waals surface area (Å²) in [6, 6.07) is 6.22. The third-order valence-electron chi connectivity index (χ3n) is 5.61. The van der Waals surface area contributed by atoms with Crippen molar-refractivity contribution in [3.05, 3.63) is 53.9 Å². The van der Waals surface area contributed by atoms with Gasteiger partial charge in [0.25, 0.3) is 5.91 Å². The lowest BCUT2D eigenvalue weighted by Gasteiger charge is -2.26. The molecule has 1 aliphatic carbocycles. The third-order valence-corrected chi connectivity index (χ3v) is 5.61. The highest BCUT2D eigenvalue weighted by Crippen LogP contribution is 2.28. The van der Waals surface area contributed by atoms with Gasteiger partial charge in [-0.05, 0) is 62.4 Å². The van der Waals surface area contributed by atoms with E-state index >= 15 is 0 Å². The summed E-state index contributed by atoms with van der Waals surface area (Å²) < 4.78 is 0. The monoisotopic (exact) mass is 408 g/mol. The number of hydrogen-bond donors (Lipinski definition) is 3. The first-order valence-electron chi connectivity index (χ1n) is 9.95. The summed E-state index contributed by atoms with van der Waals surface area (Å²) in [5.41, 5.74) is 8.70. The molecular weight excluding hydrogens is 380 g/mol. The molecule has 1 heterocycles. The van der Waals surface area contributed by atoms with Crippen molar-refractivity contribution in [2.24, 2.45) is 5.73 Å². The zero-order valence-corrected chi connectivity index (χ0v) is 17.6. The minimum Gasteiger partial charge on any atom is -0.364 e. The molecule has 30 heavy (non-hydrogen) atoms. The van der Waals surface area contributed by atoms with E-state index in [1.807, 2.05) is 44.0 Å². The van der Waals surface area contributed by atoms with Gasteiger partial charge in [0.1, 0.15) is 5.82 Å². The van der Waals surface area contributed by atoms with Crippen LogP contribution < -0.4 is 21.3 Å². The van der Waals surface area contributed by atoms with Gasteiger partial charge in [-0.15, -0.1) is 0 Å². The van der Waals surface area contributed by atoms with Crippen molar-refractivity contribution in [1.29, 1.82) is 0 Å². The maximum Gasteiger partial charge on any atom is 0.271 e. The van der Waals surface area contributed by atoms with Crippen molar-refractivity contribution in [2.45, 2.75) is 45.2 Å². The SMILES string of the molecule is C=CC(=O)NC1CC[C@@H](N(C)c2cnc(C(N)=O)c(Nc3ccc(C)c(C)c3)n2)C1. The van der Waals surface area contributed by atoms with E-state index < -0.39 is 5.91 Å². The molecule has 8 heteroatoms. The number of nitrogens with one attached hydrogen (secondary N) is 2. The predicted octanol–water partition coefficient (Wildman–Crippen LogP) is 2.60. The fourth-order valence-electron chi connectivity index (χ4n) is 3.66. The van der Waals surface area contributed by atoms with Gasteiger partial charge in [0.05, 0.1) is 6.20 Å². The van der Waals surface area contributed by atoms with Crippen LogP contribution in [0.25, 0.3) is 0 Å². The van der Waals surface area contributed by atoms with Crippen molar-refractivity contribution in [3.8, 4) is 0 Å². The molecule has 1 aliphatic rings. The van der Waals surface area contributed by atoms with Gasteiger partial charge in [0.15, 0.2) is 11.5 Å². The van der Waals surface area contributed by atoms with Crippen LogP contribution in [0.4, 0.5) is 17.3 Å². The molecule has 0 aliphatic heterocycles. The lowest BCUT2D eigenvalue weighted by atomic mass is 10.1. The second-order valence-corrected chi connectivity index (χ2v) is 7.70. The quantitative estimate of drug-likeness (QED) is 0.607. The summed E-state index contributed by atoms with van der Waals surface area (Å²) in [7, 11) is 1.94. The number of carbonyl (C=O) groups is 2. The Hall–Kier alpha value is -3.42. The number of nitrogens with zero attached hydrogens (tertiary/aromatic N) is 3. The number of anilines is 3. The average molecular weight is 409 g/mol. The van der Waals surface area contributed by atoms with Crippen molar-refractivity contribution in [2.75, 3.05) is 17.3 Å². The Morgan fingerprint density at radius 2 is 2.03 bits per heavy atom. The smallest absolute Gasteiger partial charge is 0.271 e. The molecule has 1 saturated carbocycles. The first-order chi connectivity index (χ1) is 14.3. The zero-order chi connectivity index (χ0) is 21.8. The molecule has 0 radical (unpaired) electrons. The molecule has 158 valence electrons. The minimum atomic E-state index is -0.642. The van der Waals surface area contributed by atoms with Crippen LogP contribution in [0.2, 0.25) is 0 Å². The Kier molecular flexibility index (Phi) is 6.34. The van der Waals surface area contributed by atoms with Gasteiger partial charge in [-0.3, -0.25) is 9.59 Å². The lowest BCUT2D eigenvalue weighted by molar-refractivity contribution is -0.117. The van der Waals surface area contributed by atoms with Crippen molar-refractivity contribution in [3.63, 3.8) is 0 Å². The highest BCUT2D eigenvalue weighted by molar-refractivity contribution is 5.96. The first-order valence-corrected chi connectivity index (χ1v) is 9.95. The van der Waals surface area contributed by atoms with Crippen LogP contribution in [-0.4, -0.2) is 40.9 Å². The van der Waals surface area contributed by atoms with E-state index in [9.17, 15) is 9.59 Å². The number of aryl methyl sites for hydroxylation is 2. The summed E-state index contributed by atoms with van der Waals surface area (Å²) in [6.45, 7) is 7.55. The summed E-state index contributed by atoms with van der Waals surface area (Å²) in [5, 5.41) is 6.13. The van der Waals surface area contributed by atoms with Crippen molar-refractivity contribution >= 4 is 29.1 Å². The van der Waals surface area contributed by atoms with Gasteiger partial charge in [-0.25, -0.2) is 9.97 Å². The fraction of sp³-hybridized carbons (Fsp3) is 0.364. The number of primary amides is 1. The van der Waals surface area contributed by atoms with Crippen molar-refractivity contribution in [1.82, 2.24) is 15.3 Å². The maximum atomic E-state index is 11.9. The topological polar surface area (TPSA) is 113 Å². The average Bonchev–Trinajstić information content (AvgIpc) is 3.18. The van der Waals surface area contributed by atoms with Crippen LogP contribution in [0.1, 0.15) is 40.9 Å². The Labute approximate surface area is 176 Å². The molecule has 1 unspecified atom stereocenters. The summed E-state index contributed by atoms with van der Waals surface area (Å²) in [4.78, 5) is 34.4. The number of amides is 2. The molecule has 2 aromatic rings. The molecule has 8 nitrogen and oxygen atoms in total. The first kappa shape index (κ1) is 21.3. The minimum absolute atomic E-state index is 0.0907. The second-order valence-electron chi connectivity index (χ2n) is 7.70. The number of benzene rings is 1. The predicted molar refractivity (Wildman–Crippen MR) is 118 cm³/mol. The Bertz CT molecular complexity index is 974. The van der Waals surface area contributed by atoms with Gasteiger partial charge in [0, 0.05) is 24.8 Å². The van der Waals surface area contributed by atoms with E-state index in [1.54, 1.807) is 6.20 Å². The van der Waals surface area contributed by atoms with E-state index in [0.717, 1.165) is 30.5 Å². The van der Waals surface area contributed by atoms with E-state index in [0.29, 0.717) is 11.6 Å². The number of carbonyl (C=O) groups excluding carboxylic acids is 2. The van der Waals surface area contributed by atoms with Crippen LogP contribution >= 0.6 is 0 Å². The number of rotatable bonds is 7. The highest BCUT2D eigenvalue weighted by atomic mass is 16.2. The van der Waals surface area contributed by atoms with Crippen LogP contribution in [0.15, 0.2) is 37.1 Å². The molecule has 4 N–H and O–H groups in total. The van der Waals surface area contributed by atoms with Gasteiger partial charge in [-0.1, -0.05) is 12.6 Å². The van der Waals surface area contributed by atoms with Crippen LogP contribution in [0.5, 0.6) is 0 Å². The number of nitrogens with two attached hydrogens (primary N) is 1. The highest BCUT2D eigenvalue weighted by Gasteiger charge is 2.29. The third kappa shape index (κ3) is 4.76. The summed E-state index contributed by atoms with van der Waals surface area (Å²) in [6.07, 6.45) is 5.44. The van der Waals surface area contributed by atoms with Crippen LogP contribution in [-0.2, 0) is 4.79 Å². The Balaban J connectivity index is 1.81. The molecule has 0 spiro atoms. The molecule has 2 atom stereocenters. The molecule has 3 rings (SSSR count).